The second-order valence-electron chi connectivity index (χ2n) is 3.57. The van der Waals surface area contributed by atoms with Crippen molar-refractivity contribution in [3.05, 3.63) is 12.1 Å². The van der Waals surface area contributed by atoms with E-state index < -0.39 is 0 Å². The molecule has 0 radical (unpaired) electrons. The fourth-order valence-corrected chi connectivity index (χ4v) is 1.46. The maximum atomic E-state index is 11.1. The van der Waals surface area contributed by atoms with Crippen LogP contribution in [-0.4, -0.2) is 19.1 Å². The Labute approximate surface area is 93.5 Å². The van der Waals surface area contributed by atoms with E-state index in [0.29, 0.717) is 29.5 Å². The van der Waals surface area contributed by atoms with Gasteiger partial charge in [0.1, 0.15) is 11.5 Å². The number of amides is 1. The van der Waals surface area contributed by atoms with Gasteiger partial charge in [-0.05, 0) is 6.42 Å². The molecule has 1 aromatic carbocycles. The monoisotopic (exact) mass is 222 g/mol. The highest BCUT2D eigenvalue weighted by Crippen LogP contribution is 2.36. The molecule has 0 spiro atoms. The van der Waals surface area contributed by atoms with E-state index in [1.807, 2.05) is 6.92 Å². The molecule has 86 valence electrons. The van der Waals surface area contributed by atoms with Gasteiger partial charge in [0, 0.05) is 12.1 Å². The first-order valence-electron chi connectivity index (χ1n) is 5.19. The first-order chi connectivity index (χ1) is 7.70. The third-order valence-electron chi connectivity index (χ3n) is 2.21. The predicted molar refractivity (Wildman–Crippen MR) is 60.8 cm³/mol. The van der Waals surface area contributed by atoms with E-state index >= 15 is 0 Å². The molecule has 5 nitrogen and oxygen atoms in total. The number of fused-ring (bicyclic) bond motifs is 1. The maximum absolute atomic E-state index is 11.1. The van der Waals surface area contributed by atoms with Gasteiger partial charge in [0.05, 0.1) is 18.0 Å². The Kier molecular flexibility index (Phi) is 2.85. The van der Waals surface area contributed by atoms with E-state index in [0.717, 1.165) is 6.42 Å². The number of nitrogens with two attached hydrogens (primary N) is 1. The number of anilines is 2. The molecule has 0 aromatic heterocycles. The average Bonchev–Trinajstić information content (AvgIpc) is 2.27. The number of hydrogen-bond acceptors (Lipinski definition) is 4. The van der Waals surface area contributed by atoms with E-state index in [2.05, 4.69) is 5.32 Å². The largest absolute Gasteiger partial charge is 0.491 e. The summed E-state index contributed by atoms with van der Waals surface area (Å²) in [5, 5.41) is 2.70. The van der Waals surface area contributed by atoms with Crippen molar-refractivity contribution in [3.63, 3.8) is 0 Å². The molecule has 5 heteroatoms. The Morgan fingerprint density at radius 2 is 2.38 bits per heavy atom. The highest BCUT2D eigenvalue weighted by Gasteiger charge is 2.18. The van der Waals surface area contributed by atoms with Crippen molar-refractivity contribution in [3.8, 4) is 11.5 Å². The van der Waals surface area contributed by atoms with Gasteiger partial charge in [-0.25, -0.2) is 0 Å². The molecular formula is C11H14N2O3. The summed E-state index contributed by atoms with van der Waals surface area (Å²) < 4.78 is 10.7. The van der Waals surface area contributed by atoms with Crippen LogP contribution in [0, 0.1) is 0 Å². The quantitative estimate of drug-likeness (QED) is 0.758. The summed E-state index contributed by atoms with van der Waals surface area (Å²) in [7, 11) is 0. The maximum Gasteiger partial charge on any atom is 0.262 e. The highest BCUT2D eigenvalue weighted by atomic mass is 16.5. The van der Waals surface area contributed by atoms with Crippen molar-refractivity contribution in [2.45, 2.75) is 13.3 Å². The van der Waals surface area contributed by atoms with E-state index in [-0.39, 0.29) is 12.5 Å². The Morgan fingerprint density at radius 1 is 1.56 bits per heavy atom. The molecule has 3 N–H and O–H groups in total. The summed E-state index contributed by atoms with van der Waals surface area (Å²) in [5.41, 5.74) is 6.93. The third-order valence-corrected chi connectivity index (χ3v) is 2.21. The molecule has 16 heavy (non-hydrogen) atoms. The zero-order chi connectivity index (χ0) is 11.5. The number of carbonyl (C=O) groups excluding carboxylic acids is 1. The standard InChI is InChI=1S/C11H14N2O3/c1-2-3-15-9-5-8-10(4-7(9)12)16-6-11(14)13-8/h4-5H,2-3,6,12H2,1H3,(H,13,14). The molecule has 1 amide bonds. The Bertz CT molecular complexity index is 418. The summed E-state index contributed by atoms with van der Waals surface area (Å²) >= 11 is 0. The zero-order valence-corrected chi connectivity index (χ0v) is 9.08. The fraction of sp³-hybridized carbons (Fsp3) is 0.364. The molecule has 0 bridgehead atoms. The minimum absolute atomic E-state index is 0.0294. The Balaban J connectivity index is 2.27. The average molecular weight is 222 g/mol. The fourth-order valence-electron chi connectivity index (χ4n) is 1.46. The highest BCUT2D eigenvalue weighted by molar-refractivity contribution is 5.96. The van der Waals surface area contributed by atoms with E-state index in [1.54, 1.807) is 12.1 Å². The molecule has 1 aliphatic rings. The SMILES string of the molecule is CCCOc1cc2c(cc1N)OCC(=O)N2. The minimum atomic E-state index is -0.168. The van der Waals surface area contributed by atoms with Crippen LogP contribution >= 0.6 is 0 Å². The predicted octanol–water partition coefficient (Wildman–Crippen LogP) is 1.39. The van der Waals surface area contributed by atoms with Gasteiger partial charge in [0.2, 0.25) is 0 Å². The van der Waals surface area contributed by atoms with Crippen molar-refractivity contribution in [1.29, 1.82) is 0 Å². The van der Waals surface area contributed by atoms with E-state index in [9.17, 15) is 4.79 Å². The number of nitrogens with one attached hydrogen (secondary N) is 1. The number of hydrogen-bond donors (Lipinski definition) is 2. The summed E-state index contributed by atoms with van der Waals surface area (Å²) in [5.74, 6) is 0.992. The lowest BCUT2D eigenvalue weighted by Crippen LogP contribution is -2.25. The Morgan fingerprint density at radius 3 is 3.12 bits per heavy atom. The molecule has 0 unspecified atom stereocenters. The van der Waals surface area contributed by atoms with Crippen LogP contribution < -0.4 is 20.5 Å². The lowest BCUT2D eigenvalue weighted by Gasteiger charge is -2.19. The van der Waals surface area contributed by atoms with Gasteiger partial charge in [-0.15, -0.1) is 0 Å². The first-order valence-corrected chi connectivity index (χ1v) is 5.19. The second-order valence-corrected chi connectivity index (χ2v) is 3.57. The zero-order valence-electron chi connectivity index (χ0n) is 9.08. The molecule has 0 atom stereocenters. The summed E-state index contributed by atoms with van der Waals surface area (Å²) in [4.78, 5) is 11.1. The summed E-state index contributed by atoms with van der Waals surface area (Å²) in [6.07, 6.45) is 0.902. The van der Waals surface area contributed by atoms with Gasteiger partial charge in [-0.1, -0.05) is 6.92 Å². The molecule has 1 aliphatic heterocycles. The van der Waals surface area contributed by atoms with Gasteiger partial charge in [0.25, 0.3) is 5.91 Å². The lowest BCUT2D eigenvalue weighted by molar-refractivity contribution is -0.118. The van der Waals surface area contributed by atoms with Crippen LogP contribution in [0.5, 0.6) is 11.5 Å². The number of ether oxygens (including phenoxy) is 2. The van der Waals surface area contributed by atoms with Gasteiger partial charge in [0.15, 0.2) is 6.61 Å². The molecule has 0 aliphatic carbocycles. The lowest BCUT2D eigenvalue weighted by atomic mass is 10.2. The van der Waals surface area contributed by atoms with Crippen molar-refractivity contribution < 1.29 is 14.3 Å². The minimum Gasteiger partial charge on any atom is -0.491 e. The van der Waals surface area contributed by atoms with Crippen LogP contribution in [0.1, 0.15) is 13.3 Å². The van der Waals surface area contributed by atoms with Crippen LogP contribution in [0.15, 0.2) is 12.1 Å². The molecule has 0 fully saturated rings. The third kappa shape index (κ3) is 2.03. The molecule has 0 saturated heterocycles. The molecule has 1 heterocycles. The van der Waals surface area contributed by atoms with Crippen molar-refractivity contribution in [1.82, 2.24) is 0 Å². The van der Waals surface area contributed by atoms with Crippen LogP contribution in [0.4, 0.5) is 11.4 Å². The summed E-state index contributed by atoms with van der Waals surface area (Å²) in [6, 6.07) is 3.36. The van der Waals surface area contributed by atoms with Gasteiger partial charge in [-0.3, -0.25) is 4.79 Å². The van der Waals surface area contributed by atoms with Crippen molar-refractivity contribution in [2.24, 2.45) is 0 Å². The normalized spacial score (nSPS) is 13.7. The van der Waals surface area contributed by atoms with E-state index in [4.69, 9.17) is 15.2 Å². The van der Waals surface area contributed by atoms with Crippen LogP contribution in [0.3, 0.4) is 0 Å². The van der Waals surface area contributed by atoms with Crippen molar-refractivity contribution >= 4 is 17.3 Å². The van der Waals surface area contributed by atoms with Gasteiger partial charge < -0.3 is 20.5 Å². The molecular weight excluding hydrogens is 208 g/mol. The topological polar surface area (TPSA) is 73.6 Å². The Hall–Kier alpha value is -1.91. The number of carbonyl (C=O) groups is 1. The number of nitrogen functional groups attached to an aromatic ring is 1. The van der Waals surface area contributed by atoms with Crippen LogP contribution in [-0.2, 0) is 4.79 Å². The van der Waals surface area contributed by atoms with Gasteiger partial charge >= 0.3 is 0 Å². The second kappa shape index (κ2) is 4.30. The van der Waals surface area contributed by atoms with Gasteiger partial charge in [-0.2, -0.15) is 0 Å². The van der Waals surface area contributed by atoms with Crippen molar-refractivity contribution in [2.75, 3.05) is 24.3 Å². The van der Waals surface area contributed by atoms with Crippen LogP contribution in [0.2, 0.25) is 0 Å². The number of benzene rings is 1. The summed E-state index contributed by atoms with van der Waals surface area (Å²) in [6.45, 7) is 2.64. The number of rotatable bonds is 3. The van der Waals surface area contributed by atoms with E-state index in [1.165, 1.54) is 0 Å². The molecule has 2 rings (SSSR count). The smallest absolute Gasteiger partial charge is 0.262 e. The van der Waals surface area contributed by atoms with Crippen LogP contribution in [0.25, 0.3) is 0 Å². The molecule has 1 aromatic rings. The molecule has 0 saturated carbocycles. The first kappa shape index (κ1) is 10.6.